The summed E-state index contributed by atoms with van der Waals surface area (Å²) in [5.74, 6) is 0. The van der Waals surface area contributed by atoms with E-state index in [2.05, 4.69) is 32.3 Å². The van der Waals surface area contributed by atoms with Crippen LogP contribution in [0, 0.1) is 5.41 Å². The Labute approximate surface area is 143 Å². The lowest BCUT2D eigenvalue weighted by Gasteiger charge is -2.17. The van der Waals surface area contributed by atoms with Crippen molar-refractivity contribution in [1.29, 1.82) is 0 Å². The minimum absolute atomic E-state index is 0.0858. The largest absolute Gasteiger partial charge is 0.744 e. The average molecular weight is 345 g/mol. The Kier molecular flexibility index (Phi) is 4.04. The fourth-order valence-electron chi connectivity index (χ4n) is 3.62. The number of hydrogen-bond donors (Lipinski definition) is 0. The van der Waals surface area contributed by atoms with E-state index < -0.39 is 10.1 Å². The second-order valence-electron chi connectivity index (χ2n) is 7.37. The molecule has 5 heteroatoms. The summed E-state index contributed by atoms with van der Waals surface area (Å²) in [7, 11) is -4.50. The van der Waals surface area contributed by atoms with E-state index >= 15 is 0 Å². The Hall–Kier alpha value is -1.72. The van der Waals surface area contributed by atoms with Crippen LogP contribution in [0.4, 0.5) is 5.69 Å². The number of unbranched alkanes of at least 4 members (excludes halogenated alkanes) is 1. The van der Waals surface area contributed by atoms with Gasteiger partial charge in [-0.05, 0) is 12.1 Å². The van der Waals surface area contributed by atoms with Crippen molar-refractivity contribution in [3.05, 3.63) is 35.9 Å². The van der Waals surface area contributed by atoms with E-state index in [4.69, 9.17) is 0 Å². The first kappa shape index (κ1) is 17.1. The molecule has 0 N–H and O–H groups in total. The highest BCUT2D eigenvalue weighted by molar-refractivity contribution is 7.86. The number of hydrogen-bond acceptors (Lipinski definition) is 3. The van der Waals surface area contributed by atoms with Crippen LogP contribution in [0.1, 0.15) is 46.1 Å². The van der Waals surface area contributed by atoms with E-state index in [0.29, 0.717) is 5.39 Å². The molecule has 0 bridgehead atoms. The van der Waals surface area contributed by atoms with Crippen LogP contribution in [0.5, 0.6) is 0 Å². The topological polar surface area (TPSA) is 60.2 Å². The Morgan fingerprint density at radius 1 is 1.12 bits per heavy atom. The molecule has 0 aliphatic carbocycles. The summed E-state index contributed by atoms with van der Waals surface area (Å²) in [6, 6.07) is 8.83. The van der Waals surface area contributed by atoms with Gasteiger partial charge in [-0.15, -0.1) is 0 Å². The first-order valence-corrected chi connectivity index (χ1v) is 9.74. The SMILES string of the molecule is CCCC[N+]1=C(C(C)(C)C)c2cccc3c(S(=O)(=O)[O-])ccc1c23. The lowest BCUT2D eigenvalue weighted by atomic mass is 9.85. The lowest BCUT2D eigenvalue weighted by Crippen LogP contribution is -2.28. The second kappa shape index (κ2) is 5.67. The minimum Gasteiger partial charge on any atom is -0.744 e. The highest BCUT2D eigenvalue weighted by Gasteiger charge is 2.39. The first-order valence-electron chi connectivity index (χ1n) is 8.33. The van der Waals surface area contributed by atoms with E-state index in [1.807, 2.05) is 12.1 Å². The zero-order valence-corrected chi connectivity index (χ0v) is 15.4. The summed E-state index contributed by atoms with van der Waals surface area (Å²) >= 11 is 0. The monoisotopic (exact) mass is 345 g/mol. The van der Waals surface area contributed by atoms with Crippen molar-refractivity contribution in [2.45, 2.75) is 45.4 Å². The van der Waals surface area contributed by atoms with Gasteiger partial charge in [-0.1, -0.05) is 46.2 Å². The minimum atomic E-state index is -4.50. The highest BCUT2D eigenvalue weighted by Crippen LogP contribution is 2.42. The van der Waals surface area contributed by atoms with E-state index in [1.54, 1.807) is 12.1 Å². The van der Waals surface area contributed by atoms with Gasteiger partial charge >= 0.3 is 0 Å². The first-order chi connectivity index (χ1) is 11.2. The number of nitrogens with zero attached hydrogens (tertiary/aromatic N) is 1. The molecular weight excluding hydrogens is 322 g/mol. The maximum Gasteiger partial charge on any atom is 0.214 e. The molecule has 4 nitrogen and oxygen atoms in total. The van der Waals surface area contributed by atoms with Gasteiger partial charge in [0.05, 0.1) is 15.8 Å². The fourth-order valence-corrected chi connectivity index (χ4v) is 4.30. The van der Waals surface area contributed by atoms with E-state index in [-0.39, 0.29) is 10.3 Å². The van der Waals surface area contributed by atoms with Crippen LogP contribution in [0.25, 0.3) is 10.8 Å². The molecule has 1 heterocycles. The Morgan fingerprint density at radius 2 is 1.83 bits per heavy atom. The smallest absolute Gasteiger partial charge is 0.214 e. The molecule has 0 radical (unpaired) electrons. The van der Waals surface area contributed by atoms with Crippen LogP contribution in [0.15, 0.2) is 35.2 Å². The van der Waals surface area contributed by atoms with Crippen molar-refractivity contribution in [2.24, 2.45) is 5.41 Å². The average Bonchev–Trinajstić information content (AvgIpc) is 2.80. The zero-order chi connectivity index (χ0) is 17.7. The summed E-state index contributed by atoms with van der Waals surface area (Å²) in [5, 5.41) is 1.41. The molecule has 0 aromatic heterocycles. The van der Waals surface area contributed by atoms with Gasteiger partial charge in [-0.3, -0.25) is 0 Å². The molecule has 0 amide bonds. The molecule has 0 saturated carbocycles. The number of rotatable bonds is 4. The highest BCUT2D eigenvalue weighted by atomic mass is 32.2. The van der Waals surface area contributed by atoms with Gasteiger partial charge in [0, 0.05) is 23.3 Å². The third-order valence-corrected chi connectivity index (χ3v) is 5.40. The predicted molar refractivity (Wildman–Crippen MR) is 95.2 cm³/mol. The molecule has 2 aromatic rings. The fraction of sp³-hybridized carbons (Fsp3) is 0.421. The van der Waals surface area contributed by atoms with Crippen molar-refractivity contribution in [1.82, 2.24) is 0 Å². The van der Waals surface area contributed by atoms with Crippen LogP contribution in [0.2, 0.25) is 0 Å². The lowest BCUT2D eigenvalue weighted by molar-refractivity contribution is -0.440. The van der Waals surface area contributed by atoms with Gasteiger partial charge in [0.15, 0.2) is 5.71 Å². The normalized spacial score (nSPS) is 14.7. The Bertz CT molecular complexity index is 950. The van der Waals surface area contributed by atoms with Gasteiger partial charge in [0.1, 0.15) is 16.7 Å². The maximum atomic E-state index is 11.6. The molecule has 3 rings (SSSR count). The van der Waals surface area contributed by atoms with Crippen molar-refractivity contribution >= 4 is 32.3 Å². The van der Waals surface area contributed by atoms with Gasteiger partial charge in [-0.2, -0.15) is 4.58 Å². The molecule has 0 saturated heterocycles. The van der Waals surface area contributed by atoms with E-state index in [1.165, 1.54) is 11.8 Å². The van der Waals surface area contributed by atoms with E-state index in [9.17, 15) is 13.0 Å². The summed E-state index contributed by atoms with van der Waals surface area (Å²) in [5.41, 5.74) is 3.15. The Morgan fingerprint density at radius 3 is 2.42 bits per heavy atom. The van der Waals surface area contributed by atoms with Gasteiger partial charge in [0.2, 0.25) is 5.69 Å². The van der Waals surface area contributed by atoms with Crippen LogP contribution >= 0.6 is 0 Å². The third-order valence-electron chi connectivity index (χ3n) is 4.51. The van der Waals surface area contributed by atoms with Crippen molar-refractivity contribution in [3.63, 3.8) is 0 Å². The molecule has 0 spiro atoms. The van der Waals surface area contributed by atoms with Crippen LogP contribution in [-0.2, 0) is 10.1 Å². The predicted octanol–water partition coefficient (Wildman–Crippen LogP) is 4.04. The van der Waals surface area contributed by atoms with Crippen LogP contribution < -0.4 is 0 Å². The molecule has 1 aliphatic heterocycles. The summed E-state index contributed by atoms with van der Waals surface area (Å²) in [6.45, 7) is 9.53. The molecule has 0 unspecified atom stereocenters. The summed E-state index contributed by atoms with van der Waals surface area (Å²) in [4.78, 5) is -0.131. The second-order valence-corrected chi connectivity index (χ2v) is 8.72. The van der Waals surface area contributed by atoms with Crippen molar-refractivity contribution < 1.29 is 17.5 Å². The van der Waals surface area contributed by atoms with Gasteiger partial charge in [0.25, 0.3) is 0 Å². The standard InChI is InChI=1S/C19H23NO3S/c1-5-6-12-20-15-10-11-16(24(21,22)23)13-8-7-9-14(17(13)15)18(20)19(2,3)4/h7-11H,5-6,12H2,1-4H3. The maximum absolute atomic E-state index is 11.6. The zero-order valence-electron chi connectivity index (χ0n) is 14.6. The molecule has 1 aliphatic rings. The quantitative estimate of drug-likeness (QED) is 0.621. The molecule has 0 fully saturated rings. The van der Waals surface area contributed by atoms with Crippen molar-refractivity contribution in [3.8, 4) is 0 Å². The van der Waals surface area contributed by atoms with Crippen LogP contribution in [-0.4, -0.2) is 29.8 Å². The van der Waals surface area contributed by atoms with Crippen LogP contribution in [0.3, 0.4) is 0 Å². The molecule has 0 atom stereocenters. The van der Waals surface area contributed by atoms with Gasteiger partial charge < -0.3 is 4.55 Å². The molecule has 2 aromatic carbocycles. The number of benzene rings is 2. The molecule has 128 valence electrons. The summed E-state index contributed by atoms with van der Waals surface area (Å²) < 4.78 is 37.2. The molecular formula is C19H23NO3S. The Balaban J connectivity index is 2.38. The van der Waals surface area contributed by atoms with E-state index in [0.717, 1.165) is 36.0 Å². The molecule has 24 heavy (non-hydrogen) atoms. The van der Waals surface area contributed by atoms with Gasteiger partial charge in [-0.25, -0.2) is 8.42 Å². The van der Waals surface area contributed by atoms with Crippen molar-refractivity contribution in [2.75, 3.05) is 6.54 Å². The third kappa shape index (κ3) is 2.66. The summed E-state index contributed by atoms with van der Waals surface area (Å²) in [6.07, 6.45) is 2.14.